The van der Waals surface area contributed by atoms with Crippen molar-refractivity contribution in [1.82, 2.24) is 10.2 Å². The number of halogens is 1. The summed E-state index contributed by atoms with van der Waals surface area (Å²) in [5.41, 5.74) is 0.680. The zero-order chi connectivity index (χ0) is 16.1. The van der Waals surface area contributed by atoms with Crippen molar-refractivity contribution >= 4 is 29.9 Å². The molecule has 1 aliphatic heterocycles. The van der Waals surface area contributed by atoms with Crippen molar-refractivity contribution < 1.29 is 14.3 Å². The highest BCUT2D eigenvalue weighted by Gasteiger charge is 2.28. The molecular formula is C16H24ClN3O3. The minimum absolute atomic E-state index is 0. The van der Waals surface area contributed by atoms with Crippen LogP contribution in [0.2, 0.25) is 0 Å². The Morgan fingerprint density at radius 2 is 2.09 bits per heavy atom. The molecule has 1 atom stereocenters. The molecule has 2 amide bonds. The Labute approximate surface area is 143 Å². The van der Waals surface area contributed by atoms with Crippen molar-refractivity contribution in [1.29, 1.82) is 0 Å². The van der Waals surface area contributed by atoms with Crippen molar-refractivity contribution in [3.05, 3.63) is 24.3 Å². The molecule has 1 saturated heterocycles. The fourth-order valence-electron chi connectivity index (χ4n) is 2.07. The molecule has 2 N–H and O–H groups in total. The topological polar surface area (TPSA) is 70.7 Å². The van der Waals surface area contributed by atoms with Crippen LogP contribution in [0.25, 0.3) is 0 Å². The molecule has 6 nitrogen and oxygen atoms in total. The van der Waals surface area contributed by atoms with Gasteiger partial charge in [-0.15, -0.1) is 12.4 Å². The van der Waals surface area contributed by atoms with Gasteiger partial charge in [0.15, 0.2) is 6.61 Å². The Kier molecular flexibility index (Phi) is 7.32. The largest absolute Gasteiger partial charge is 0.484 e. The van der Waals surface area contributed by atoms with Gasteiger partial charge in [0.1, 0.15) is 5.75 Å². The van der Waals surface area contributed by atoms with Crippen LogP contribution >= 0.6 is 12.4 Å². The molecule has 2 rings (SSSR count). The number of rotatable bonds is 6. The standard InChI is InChI=1S/C16H23N3O3.ClH/c1-11(12-8-17-9-12)16(21)18-13-5-4-6-14(7-13)22-10-15(20)19(2)3;/h4-7,11-12,17H,8-10H2,1-3H3,(H,18,21);1H. The summed E-state index contributed by atoms with van der Waals surface area (Å²) in [6, 6.07) is 7.09. The molecule has 0 saturated carbocycles. The third-order valence-corrected chi connectivity index (χ3v) is 3.90. The minimum Gasteiger partial charge on any atom is -0.484 e. The number of hydrogen-bond donors (Lipinski definition) is 2. The molecule has 1 aliphatic rings. The van der Waals surface area contributed by atoms with E-state index in [4.69, 9.17) is 4.74 Å². The van der Waals surface area contributed by atoms with Crippen LogP contribution in [0, 0.1) is 11.8 Å². The van der Waals surface area contributed by atoms with Gasteiger partial charge in [-0.25, -0.2) is 0 Å². The molecule has 0 aliphatic carbocycles. The highest BCUT2D eigenvalue weighted by molar-refractivity contribution is 5.92. The number of nitrogens with one attached hydrogen (secondary N) is 2. The number of nitrogens with zero attached hydrogens (tertiary/aromatic N) is 1. The lowest BCUT2D eigenvalue weighted by Gasteiger charge is -2.31. The van der Waals surface area contributed by atoms with Gasteiger partial charge in [-0.2, -0.15) is 0 Å². The number of carbonyl (C=O) groups excluding carboxylic acids is 2. The van der Waals surface area contributed by atoms with Crippen LogP contribution in [0.15, 0.2) is 24.3 Å². The van der Waals surface area contributed by atoms with Gasteiger partial charge in [-0.1, -0.05) is 13.0 Å². The quantitative estimate of drug-likeness (QED) is 0.820. The second-order valence-electron chi connectivity index (χ2n) is 5.80. The Hall–Kier alpha value is -1.79. The molecule has 1 aromatic carbocycles. The molecule has 23 heavy (non-hydrogen) atoms. The number of likely N-dealkylation sites (N-methyl/N-ethyl adjacent to an activating group) is 1. The van der Waals surface area contributed by atoms with Gasteiger partial charge in [0.05, 0.1) is 0 Å². The second-order valence-corrected chi connectivity index (χ2v) is 5.80. The van der Waals surface area contributed by atoms with E-state index in [1.54, 1.807) is 32.3 Å². The summed E-state index contributed by atoms with van der Waals surface area (Å²) < 4.78 is 5.44. The predicted octanol–water partition coefficient (Wildman–Crippen LogP) is 1.37. The van der Waals surface area contributed by atoms with Crippen LogP contribution < -0.4 is 15.4 Å². The molecule has 0 bridgehead atoms. The normalized spacial score (nSPS) is 14.9. The minimum atomic E-state index is -0.111. The number of amides is 2. The molecule has 128 valence electrons. The highest BCUT2D eigenvalue weighted by Crippen LogP contribution is 2.21. The van der Waals surface area contributed by atoms with E-state index in [0.29, 0.717) is 17.4 Å². The van der Waals surface area contributed by atoms with E-state index in [-0.39, 0.29) is 36.7 Å². The van der Waals surface area contributed by atoms with Crippen LogP contribution in [0.5, 0.6) is 5.75 Å². The third kappa shape index (κ3) is 5.41. The molecule has 1 aromatic rings. The first-order valence-corrected chi connectivity index (χ1v) is 7.42. The van der Waals surface area contributed by atoms with Gasteiger partial charge in [0.25, 0.3) is 5.91 Å². The van der Waals surface area contributed by atoms with Crippen molar-refractivity contribution in [2.24, 2.45) is 11.8 Å². The van der Waals surface area contributed by atoms with Crippen LogP contribution in [-0.2, 0) is 9.59 Å². The summed E-state index contributed by atoms with van der Waals surface area (Å²) in [6.07, 6.45) is 0. The summed E-state index contributed by atoms with van der Waals surface area (Å²) in [7, 11) is 3.36. The Morgan fingerprint density at radius 3 is 2.65 bits per heavy atom. The average molecular weight is 342 g/mol. The molecular weight excluding hydrogens is 318 g/mol. The number of benzene rings is 1. The number of anilines is 1. The molecule has 1 fully saturated rings. The molecule has 0 radical (unpaired) electrons. The van der Waals surface area contributed by atoms with E-state index in [9.17, 15) is 9.59 Å². The van der Waals surface area contributed by atoms with E-state index < -0.39 is 0 Å². The molecule has 1 heterocycles. The summed E-state index contributed by atoms with van der Waals surface area (Å²) in [4.78, 5) is 25.2. The van der Waals surface area contributed by atoms with Gasteiger partial charge in [0, 0.05) is 31.8 Å². The predicted molar refractivity (Wildman–Crippen MR) is 92.0 cm³/mol. The summed E-state index contributed by atoms with van der Waals surface area (Å²) >= 11 is 0. The van der Waals surface area contributed by atoms with Crippen molar-refractivity contribution in [3.63, 3.8) is 0 Å². The summed E-state index contributed by atoms with van der Waals surface area (Å²) in [5.74, 6) is 0.831. The van der Waals surface area contributed by atoms with Crippen molar-refractivity contribution in [2.45, 2.75) is 6.92 Å². The van der Waals surface area contributed by atoms with Crippen molar-refractivity contribution in [2.75, 3.05) is 39.1 Å². The summed E-state index contributed by atoms with van der Waals surface area (Å²) in [5, 5.41) is 6.07. The maximum atomic E-state index is 12.2. The lowest BCUT2D eigenvalue weighted by molar-refractivity contribution is -0.130. The van der Waals surface area contributed by atoms with Crippen LogP contribution in [-0.4, -0.2) is 50.5 Å². The van der Waals surface area contributed by atoms with Gasteiger partial charge in [0.2, 0.25) is 5.91 Å². The fraction of sp³-hybridized carbons (Fsp3) is 0.500. The lowest BCUT2D eigenvalue weighted by atomic mass is 9.88. The Balaban J connectivity index is 0.00000264. The molecule has 7 heteroatoms. The molecule has 0 aromatic heterocycles. The lowest BCUT2D eigenvalue weighted by Crippen LogP contribution is -2.48. The maximum absolute atomic E-state index is 12.2. The summed E-state index contributed by atoms with van der Waals surface area (Å²) in [6.45, 7) is 3.71. The first kappa shape index (κ1) is 19.3. The Bertz CT molecular complexity index is 547. The highest BCUT2D eigenvalue weighted by atomic mass is 35.5. The van der Waals surface area contributed by atoms with Gasteiger partial charge in [-0.3, -0.25) is 9.59 Å². The number of hydrogen-bond acceptors (Lipinski definition) is 4. The van der Waals surface area contributed by atoms with E-state index in [1.807, 2.05) is 13.0 Å². The van der Waals surface area contributed by atoms with E-state index >= 15 is 0 Å². The Morgan fingerprint density at radius 1 is 1.39 bits per heavy atom. The monoisotopic (exact) mass is 341 g/mol. The SMILES string of the molecule is CC(C(=O)Nc1cccc(OCC(=O)N(C)C)c1)C1CNC1.Cl. The zero-order valence-corrected chi connectivity index (χ0v) is 14.5. The van der Waals surface area contributed by atoms with Crippen LogP contribution in [0.4, 0.5) is 5.69 Å². The van der Waals surface area contributed by atoms with E-state index in [1.165, 1.54) is 4.90 Å². The fourth-order valence-corrected chi connectivity index (χ4v) is 2.07. The zero-order valence-electron chi connectivity index (χ0n) is 13.7. The first-order valence-electron chi connectivity index (χ1n) is 7.42. The van der Waals surface area contributed by atoms with Gasteiger partial charge in [-0.05, 0) is 31.1 Å². The average Bonchev–Trinajstić information content (AvgIpc) is 2.43. The van der Waals surface area contributed by atoms with Crippen LogP contribution in [0.3, 0.4) is 0 Å². The number of ether oxygens (including phenoxy) is 1. The smallest absolute Gasteiger partial charge is 0.259 e. The second kappa shape index (κ2) is 8.74. The first-order chi connectivity index (χ1) is 10.5. The van der Waals surface area contributed by atoms with Crippen molar-refractivity contribution in [3.8, 4) is 5.75 Å². The van der Waals surface area contributed by atoms with E-state index in [2.05, 4.69) is 10.6 Å². The number of carbonyl (C=O) groups is 2. The van der Waals surface area contributed by atoms with Crippen LogP contribution in [0.1, 0.15) is 6.92 Å². The maximum Gasteiger partial charge on any atom is 0.259 e. The molecule has 1 unspecified atom stereocenters. The van der Waals surface area contributed by atoms with E-state index in [0.717, 1.165) is 13.1 Å². The van der Waals surface area contributed by atoms with Gasteiger partial charge < -0.3 is 20.3 Å². The third-order valence-electron chi connectivity index (χ3n) is 3.90. The van der Waals surface area contributed by atoms with Gasteiger partial charge >= 0.3 is 0 Å². The molecule has 0 spiro atoms.